The average Bonchev–Trinajstić information content (AvgIpc) is 2.45. The Bertz CT molecular complexity index is 750. The second-order valence-electron chi connectivity index (χ2n) is 4.53. The molecule has 2 aromatic rings. The number of benzene rings is 2. The van der Waals surface area contributed by atoms with E-state index in [-0.39, 0.29) is 11.4 Å². The van der Waals surface area contributed by atoms with Crippen molar-refractivity contribution in [1.82, 2.24) is 0 Å². The number of hydrogen-bond acceptors (Lipinski definition) is 3. The summed E-state index contributed by atoms with van der Waals surface area (Å²) < 4.78 is 1.03. The van der Waals surface area contributed by atoms with E-state index in [0.717, 1.165) is 9.13 Å². The van der Waals surface area contributed by atoms with Crippen molar-refractivity contribution in [2.75, 3.05) is 10.6 Å². The molecule has 0 bridgehead atoms. The van der Waals surface area contributed by atoms with Crippen molar-refractivity contribution in [3.05, 3.63) is 50.6 Å². The Morgan fingerprint density at radius 3 is 2.32 bits per heavy atom. The van der Waals surface area contributed by atoms with Gasteiger partial charge in [-0.05, 0) is 71.5 Å². The van der Waals surface area contributed by atoms with E-state index in [2.05, 4.69) is 33.2 Å². The number of amides is 2. The number of anilines is 2. The van der Waals surface area contributed by atoms with Crippen molar-refractivity contribution in [2.45, 2.75) is 6.92 Å². The number of halogens is 2. The number of nitrogens with one attached hydrogen (secondary N) is 2. The van der Waals surface area contributed by atoms with Crippen LogP contribution in [0, 0.1) is 10.5 Å². The Kier molecular flexibility index (Phi) is 5.25. The Balaban J connectivity index is 2.09. The van der Waals surface area contributed by atoms with Gasteiger partial charge in [-0.1, -0.05) is 11.6 Å². The highest BCUT2D eigenvalue weighted by atomic mass is 127. The van der Waals surface area contributed by atoms with E-state index in [1.807, 2.05) is 19.1 Å². The Morgan fingerprint density at radius 2 is 1.68 bits per heavy atom. The average molecular weight is 431 g/mol. The lowest BCUT2D eigenvalue weighted by Gasteiger charge is -2.10. The number of phenols is 1. The van der Waals surface area contributed by atoms with Crippen LogP contribution in [0.3, 0.4) is 0 Å². The van der Waals surface area contributed by atoms with Gasteiger partial charge in [0.25, 0.3) is 0 Å². The lowest BCUT2D eigenvalue weighted by atomic mass is 10.2. The van der Waals surface area contributed by atoms with Gasteiger partial charge in [-0.2, -0.15) is 0 Å². The van der Waals surface area contributed by atoms with Gasteiger partial charge < -0.3 is 15.7 Å². The number of hydrogen-bond donors (Lipinski definition) is 3. The molecule has 0 aliphatic carbocycles. The largest absolute Gasteiger partial charge is 0.506 e. The molecule has 0 aliphatic rings. The van der Waals surface area contributed by atoms with Gasteiger partial charge in [0.2, 0.25) is 0 Å². The maximum absolute atomic E-state index is 11.9. The number of phenolic OH excluding ortho intramolecular Hbond substituents is 1. The number of carbonyl (C=O) groups excluding carboxylic acids is 2. The monoisotopic (exact) mass is 430 g/mol. The molecule has 0 atom stereocenters. The number of aromatic hydroxyl groups is 1. The summed E-state index contributed by atoms with van der Waals surface area (Å²) in [5.74, 6) is -1.89. The van der Waals surface area contributed by atoms with Crippen LogP contribution < -0.4 is 10.6 Å². The lowest BCUT2D eigenvalue weighted by Crippen LogP contribution is -2.29. The van der Waals surface area contributed by atoms with Gasteiger partial charge >= 0.3 is 11.8 Å². The summed E-state index contributed by atoms with van der Waals surface area (Å²) in [4.78, 5) is 23.8. The van der Waals surface area contributed by atoms with Crippen molar-refractivity contribution in [3.8, 4) is 5.75 Å². The zero-order valence-corrected chi connectivity index (χ0v) is 14.4. The first-order chi connectivity index (χ1) is 10.4. The van der Waals surface area contributed by atoms with Crippen LogP contribution >= 0.6 is 34.2 Å². The van der Waals surface area contributed by atoms with Crippen LogP contribution in [-0.2, 0) is 9.59 Å². The van der Waals surface area contributed by atoms with E-state index >= 15 is 0 Å². The SMILES string of the molecule is Cc1cc(I)ccc1NC(=O)C(=O)Nc1cc(Cl)ccc1O. The Hall–Kier alpha value is -1.80. The molecule has 0 fully saturated rings. The molecule has 0 aromatic heterocycles. The summed E-state index contributed by atoms with van der Waals surface area (Å²) in [5.41, 5.74) is 1.47. The first kappa shape index (κ1) is 16.6. The van der Waals surface area contributed by atoms with Gasteiger partial charge in [-0.3, -0.25) is 9.59 Å². The molecular formula is C15H12ClIN2O3. The normalized spacial score (nSPS) is 10.1. The van der Waals surface area contributed by atoms with Crippen LogP contribution in [-0.4, -0.2) is 16.9 Å². The van der Waals surface area contributed by atoms with Crippen LogP contribution in [0.15, 0.2) is 36.4 Å². The molecule has 0 spiro atoms. The van der Waals surface area contributed by atoms with Crippen molar-refractivity contribution in [2.24, 2.45) is 0 Å². The van der Waals surface area contributed by atoms with Crippen molar-refractivity contribution < 1.29 is 14.7 Å². The minimum atomic E-state index is -0.893. The fourth-order valence-electron chi connectivity index (χ4n) is 1.73. The first-order valence-electron chi connectivity index (χ1n) is 6.24. The molecule has 0 saturated carbocycles. The van der Waals surface area contributed by atoms with Crippen molar-refractivity contribution >= 4 is 57.4 Å². The second-order valence-corrected chi connectivity index (χ2v) is 6.21. The molecular weight excluding hydrogens is 419 g/mol. The first-order valence-corrected chi connectivity index (χ1v) is 7.69. The highest BCUT2D eigenvalue weighted by molar-refractivity contribution is 14.1. The molecule has 2 aromatic carbocycles. The topological polar surface area (TPSA) is 78.4 Å². The molecule has 2 rings (SSSR count). The standard InChI is InChI=1S/C15H12ClIN2O3/c1-8-6-10(17)3-4-11(8)18-14(21)15(22)19-12-7-9(16)2-5-13(12)20/h2-7,20H,1H3,(H,18,21)(H,19,22). The fraction of sp³-hybridized carbons (Fsp3) is 0.0667. The highest BCUT2D eigenvalue weighted by Gasteiger charge is 2.16. The van der Waals surface area contributed by atoms with E-state index in [1.165, 1.54) is 18.2 Å². The zero-order valence-electron chi connectivity index (χ0n) is 11.5. The van der Waals surface area contributed by atoms with Crippen molar-refractivity contribution in [3.63, 3.8) is 0 Å². The predicted octanol–water partition coefficient (Wildman–Crippen LogP) is 3.54. The van der Waals surface area contributed by atoms with E-state index in [0.29, 0.717) is 10.7 Å². The molecule has 2 amide bonds. The third-order valence-electron chi connectivity index (χ3n) is 2.85. The van der Waals surface area contributed by atoms with Gasteiger partial charge in [0, 0.05) is 14.3 Å². The zero-order chi connectivity index (χ0) is 16.3. The van der Waals surface area contributed by atoms with Crippen LogP contribution in [0.2, 0.25) is 5.02 Å². The Labute approximate surface area is 145 Å². The third-order valence-corrected chi connectivity index (χ3v) is 3.76. The quantitative estimate of drug-likeness (QED) is 0.387. The fourth-order valence-corrected chi connectivity index (χ4v) is 2.55. The minimum absolute atomic E-state index is 0.0759. The number of aryl methyl sites for hydroxylation is 1. The number of rotatable bonds is 2. The molecule has 0 aliphatic heterocycles. The smallest absolute Gasteiger partial charge is 0.314 e. The molecule has 22 heavy (non-hydrogen) atoms. The lowest BCUT2D eigenvalue weighted by molar-refractivity contribution is -0.133. The molecule has 0 heterocycles. The third kappa shape index (κ3) is 4.11. The molecule has 5 nitrogen and oxygen atoms in total. The van der Waals surface area contributed by atoms with Gasteiger partial charge in [0.15, 0.2) is 0 Å². The summed E-state index contributed by atoms with van der Waals surface area (Å²) in [6.07, 6.45) is 0. The van der Waals surface area contributed by atoms with E-state index in [1.54, 1.807) is 6.07 Å². The molecule has 0 unspecified atom stereocenters. The number of carbonyl (C=O) groups is 2. The minimum Gasteiger partial charge on any atom is -0.506 e. The maximum Gasteiger partial charge on any atom is 0.314 e. The van der Waals surface area contributed by atoms with Gasteiger partial charge in [-0.25, -0.2) is 0 Å². The molecule has 0 radical (unpaired) electrons. The molecule has 114 valence electrons. The molecule has 3 N–H and O–H groups in total. The Morgan fingerprint density at radius 1 is 1.05 bits per heavy atom. The van der Waals surface area contributed by atoms with Gasteiger partial charge in [0.1, 0.15) is 5.75 Å². The maximum atomic E-state index is 11.9. The summed E-state index contributed by atoms with van der Waals surface area (Å²) in [6, 6.07) is 9.60. The van der Waals surface area contributed by atoms with E-state index in [9.17, 15) is 14.7 Å². The van der Waals surface area contributed by atoms with Crippen LogP contribution in [0.25, 0.3) is 0 Å². The second kappa shape index (κ2) is 6.97. The summed E-state index contributed by atoms with van der Waals surface area (Å²) in [6.45, 7) is 1.83. The molecule has 0 saturated heterocycles. The van der Waals surface area contributed by atoms with E-state index in [4.69, 9.17) is 11.6 Å². The summed E-state index contributed by atoms with van der Waals surface area (Å²) in [5, 5.41) is 14.8. The van der Waals surface area contributed by atoms with Crippen LogP contribution in [0.1, 0.15) is 5.56 Å². The van der Waals surface area contributed by atoms with Gasteiger partial charge in [0.05, 0.1) is 5.69 Å². The van der Waals surface area contributed by atoms with Crippen LogP contribution in [0.5, 0.6) is 5.75 Å². The summed E-state index contributed by atoms with van der Waals surface area (Å²) >= 11 is 7.94. The molecule has 7 heteroatoms. The predicted molar refractivity (Wildman–Crippen MR) is 94.3 cm³/mol. The van der Waals surface area contributed by atoms with Gasteiger partial charge in [-0.15, -0.1) is 0 Å². The van der Waals surface area contributed by atoms with Crippen molar-refractivity contribution in [1.29, 1.82) is 0 Å². The van der Waals surface area contributed by atoms with E-state index < -0.39 is 11.8 Å². The van der Waals surface area contributed by atoms with Crippen LogP contribution in [0.4, 0.5) is 11.4 Å². The summed E-state index contributed by atoms with van der Waals surface area (Å²) in [7, 11) is 0. The highest BCUT2D eigenvalue weighted by Crippen LogP contribution is 2.26.